The van der Waals surface area contributed by atoms with Gasteiger partial charge in [-0.15, -0.1) is 12.3 Å². The van der Waals surface area contributed by atoms with Crippen molar-refractivity contribution in [1.29, 1.82) is 0 Å². The van der Waals surface area contributed by atoms with Crippen LogP contribution in [0.3, 0.4) is 0 Å². The molecule has 0 N–H and O–H groups in total. The first-order valence-corrected chi connectivity index (χ1v) is 9.66. The van der Waals surface area contributed by atoms with E-state index < -0.39 is 0 Å². The number of rotatable bonds is 7. The number of carbonyl (C=O) groups is 1. The van der Waals surface area contributed by atoms with E-state index in [-0.39, 0.29) is 11.6 Å². The molecule has 0 bridgehead atoms. The number of nitrogens with zero attached hydrogens (tertiary/aromatic N) is 5. The van der Waals surface area contributed by atoms with Gasteiger partial charge in [0.15, 0.2) is 5.66 Å². The van der Waals surface area contributed by atoms with E-state index in [1.165, 1.54) is 32.7 Å². The van der Waals surface area contributed by atoms with Crippen LogP contribution in [0.2, 0.25) is 0 Å². The van der Waals surface area contributed by atoms with Crippen LogP contribution in [0.1, 0.15) is 38.5 Å². The predicted octanol–water partition coefficient (Wildman–Crippen LogP) is 1.83. The lowest BCUT2D eigenvalue weighted by molar-refractivity contribution is -0.133. The minimum absolute atomic E-state index is 0.260. The van der Waals surface area contributed by atoms with Crippen molar-refractivity contribution in [2.24, 2.45) is 16.1 Å². The van der Waals surface area contributed by atoms with Crippen molar-refractivity contribution in [2.75, 3.05) is 52.9 Å². The summed E-state index contributed by atoms with van der Waals surface area (Å²) in [6.07, 6.45) is 10.3. The van der Waals surface area contributed by atoms with E-state index in [0.717, 1.165) is 44.7 Å². The van der Waals surface area contributed by atoms with Gasteiger partial charge in [0.05, 0.1) is 0 Å². The van der Waals surface area contributed by atoms with Gasteiger partial charge in [-0.2, -0.15) is 10.2 Å². The summed E-state index contributed by atoms with van der Waals surface area (Å²) in [5, 5.41) is 8.24. The zero-order chi connectivity index (χ0) is 17.7. The number of terminal acetylenes is 1. The highest BCUT2D eigenvalue weighted by atomic mass is 16.2. The second-order valence-electron chi connectivity index (χ2n) is 7.81. The maximum atomic E-state index is 12.5. The Morgan fingerprint density at radius 2 is 1.80 bits per heavy atom. The average molecular weight is 345 g/mol. The van der Waals surface area contributed by atoms with Gasteiger partial charge in [-0.05, 0) is 25.8 Å². The van der Waals surface area contributed by atoms with Gasteiger partial charge in [-0.1, -0.05) is 0 Å². The summed E-state index contributed by atoms with van der Waals surface area (Å²) in [5.74, 6) is 3.63. The van der Waals surface area contributed by atoms with Crippen molar-refractivity contribution in [2.45, 2.75) is 44.2 Å². The number of carbonyl (C=O) groups excluding carboxylic acids is 1. The standard InChI is InChI=1S/C19H31N5O/c1-3-4-8-19(20-21-19)9-5-18(25)24-10-6-17(7-11-24)16-23-14-12-22(2)13-15-23/h1,17H,4-16H2,2H3. The summed E-state index contributed by atoms with van der Waals surface area (Å²) in [5.41, 5.74) is -0.332. The van der Waals surface area contributed by atoms with E-state index in [1.54, 1.807) is 0 Å². The van der Waals surface area contributed by atoms with Crippen LogP contribution in [-0.4, -0.2) is 79.1 Å². The molecule has 0 aromatic carbocycles. The third kappa shape index (κ3) is 5.26. The number of hydrogen-bond donors (Lipinski definition) is 0. The highest BCUT2D eigenvalue weighted by Gasteiger charge is 2.39. The summed E-state index contributed by atoms with van der Waals surface area (Å²) in [7, 11) is 2.19. The molecule has 0 saturated carbocycles. The molecule has 0 aromatic rings. The Labute approximate surface area is 151 Å². The van der Waals surface area contributed by atoms with E-state index in [4.69, 9.17) is 6.42 Å². The summed E-state index contributed by atoms with van der Waals surface area (Å²) in [6.45, 7) is 7.73. The molecule has 2 fully saturated rings. The molecule has 0 aliphatic carbocycles. The van der Waals surface area contributed by atoms with Gasteiger partial charge in [0.1, 0.15) is 0 Å². The van der Waals surface area contributed by atoms with Crippen molar-refractivity contribution in [3.8, 4) is 12.3 Å². The Morgan fingerprint density at radius 3 is 2.40 bits per heavy atom. The van der Waals surface area contributed by atoms with Crippen LogP contribution >= 0.6 is 0 Å². The highest BCUT2D eigenvalue weighted by molar-refractivity contribution is 5.76. The van der Waals surface area contributed by atoms with Gasteiger partial charge in [0, 0.05) is 71.5 Å². The van der Waals surface area contributed by atoms with Crippen molar-refractivity contribution in [3.05, 3.63) is 0 Å². The van der Waals surface area contributed by atoms with Gasteiger partial charge in [-0.3, -0.25) is 4.79 Å². The zero-order valence-corrected chi connectivity index (χ0v) is 15.5. The molecule has 6 nitrogen and oxygen atoms in total. The molecule has 0 unspecified atom stereocenters. The van der Waals surface area contributed by atoms with E-state index in [9.17, 15) is 4.79 Å². The average Bonchev–Trinajstić information content (AvgIpc) is 3.41. The van der Waals surface area contributed by atoms with Gasteiger partial charge >= 0.3 is 0 Å². The van der Waals surface area contributed by atoms with E-state index >= 15 is 0 Å². The van der Waals surface area contributed by atoms with Gasteiger partial charge < -0.3 is 14.7 Å². The van der Waals surface area contributed by atoms with Crippen molar-refractivity contribution < 1.29 is 4.79 Å². The fourth-order valence-electron chi connectivity index (χ4n) is 3.89. The molecule has 6 heteroatoms. The SMILES string of the molecule is C#CCCC1(CCC(=O)N2CCC(CN3CCN(C)CC3)CC2)N=N1. The summed E-state index contributed by atoms with van der Waals surface area (Å²) < 4.78 is 0. The first-order valence-electron chi connectivity index (χ1n) is 9.66. The molecule has 0 atom stereocenters. The third-order valence-electron chi connectivity index (χ3n) is 5.87. The largest absolute Gasteiger partial charge is 0.343 e. The minimum atomic E-state index is -0.332. The number of hydrogen-bond acceptors (Lipinski definition) is 5. The van der Waals surface area contributed by atoms with Crippen molar-refractivity contribution >= 4 is 5.91 Å². The van der Waals surface area contributed by atoms with Crippen LogP contribution in [0.4, 0.5) is 0 Å². The second kappa shape index (κ2) is 8.29. The predicted molar refractivity (Wildman–Crippen MR) is 98.1 cm³/mol. The zero-order valence-electron chi connectivity index (χ0n) is 15.5. The third-order valence-corrected chi connectivity index (χ3v) is 5.87. The van der Waals surface area contributed by atoms with Gasteiger partial charge in [-0.25, -0.2) is 0 Å². The molecule has 3 heterocycles. The molecule has 0 radical (unpaired) electrons. The van der Waals surface area contributed by atoms with Gasteiger partial charge in [0.2, 0.25) is 5.91 Å². The first-order chi connectivity index (χ1) is 12.1. The van der Waals surface area contributed by atoms with Crippen LogP contribution in [-0.2, 0) is 4.79 Å². The Bertz CT molecular complexity index is 518. The molecule has 3 aliphatic rings. The Kier molecular flexibility index (Phi) is 6.08. The first kappa shape index (κ1) is 18.3. The van der Waals surface area contributed by atoms with Crippen LogP contribution in [0, 0.1) is 18.3 Å². The maximum Gasteiger partial charge on any atom is 0.222 e. The fourth-order valence-corrected chi connectivity index (χ4v) is 3.89. The molecular weight excluding hydrogens is 314 g/mol. The van der Waals surface area contributed by atoms with E-state index in [0.29, 0.717) is 12.8 Å². The smallest absolute Gasteiger partial charge is 0.222 e. The molecule has 0 aromatic heterocycles. The number of amides is 1. The number of piperazine rings is 1. The lowest BCUT2D eigenvalue weighted by Gasteiger charge is -2.38. The van der Waals surface area contributed by atoms with Crippen LogP contribution in [0.15, 0.2) is 10.2 Å². The topological polar surface area (TPSA) is 51.5 Å². The highest BCUT2D eigenvalue weighted by Crippen LogP contribution is 2.37. The second-order valence-corrected chi connectivity index (χ2v) is 7.81. The quantitative estimate of drug-likeness (QED) is 0.662. The Morgan fingerprint density at radius 1 is 1.12 bits per heavy atom. The Hall–Kier alpha value is -1.45. The van der Waals surface area contributed by atoms with Crippen molar-refractivity contribution in [3.63, 3.8) is 0 Å². The van der Waals surface area contributed by atoms with Crippen LogP contribution in [0.25, 0.3) is 0 Å². The maximum absolute atomic E-state index is 12.5. The molecule has 138 valence electrons. The molecule has 3 aliphatic heterocycles. The number of likely N-dealkylation sites (N-methyl/N-ethyl adjacent to an activating group) is 1. The number of likely N-dealkylation sites (tertiary alicyclic amines) is 1. The normalized spacial score (nSPS) is 24.2. The Balaban J connectivity index is 1.33. The molecule has 2 saturated heterocycles. The lowest BCUT2D eigenvalue weighted by atomic mass is 9.95. The fraction of sp³-hybridized carbons (Fsp3) is 0.842. The number of piperidine rings is 1. The molecule has 25 heavy (non-hydrogen) atoms. The molecule has 1 amide bonds. The monoisotopic (exact) mass is 345 g/mol. The summed E-state index contributed by atoms with van der Waals surface area (Å²) >= 11 is 0. The molecular formula is C19H31N5O. The van der Waals surface area contributed by atoms with Crippen LogP contribution in [0.5, 0.6) is 0 Å². The van der Waals surface area contributed by atoms with Gasteiger partial charge in [0.25, 0.3) is 0 Å². The minimum Gasteiger partial charge on any atom is -0.343 e. The van der Waals surface area contributed by atoms with Crippen LogP contribution < -0.4 is 0 Å². The van der Waals surface area contributed by atoms with E-state index in [1.807, 2.05) is 4.90 Å². The summed E-state index contributed by atoms with van der Waals surface area (Å²) in [4.78, 5) is 19.5. The van der Waals surface area contributed by atoms with Crippen molar-refractivity contribution in [1.82, 2.24) is 14.7 Å². The molecule has 3 rings (SSSR count). The van der Waals surface area contributed by atoms with E-state index in [2.05, 4.69) is 33.0 Å². The molecule has 0 spiro atoms. The summed E-state index contributed by atoms with van der Waals surface area (Å²) in [6, 6.07) is 0. The lowest BCUT2D eigenvalue weighted by Crippen LogP contribution is -2.48.